The molecule has 0 radical (unpaired) electrons. The number of hydrogen-bond donors (Lipinski definition) is 0. The van der Waals surface area contributed by atoms with Crippen molar-refractivity contribution in [2.24, 2.45) is 9.76 Å². The van der Waals surface area contributed by atoms with Crippen molar-refractivity contribution < 1.29 is 4.57 Å². The van der Waals surface area contributed by atoms with Gasteiger partial charge in [0.2, 0.25) is 7.29 Å². The molecule has 0 amide bonds. The number of hydrogen-bond acceptors (Lipinski definition) is 2. The molecule has 0 saturated heterocycles. The molecule has 0 fully saturated rings. The molecule has 0 aromatic heterocycles. The monoisotopic (exact) mass is 607 g/mol. The maximum atomic E-state index is 14.6. The number of rotatable bonds is 5. The van der Waals surface area contributed by atoms with Gasteiger partial charge in [-0.2, -0.15) is 4.76 Å². The zero-order valence-electron chi connectivity index (χ0n) is 19.5. The molecule has 1 atom stereocenters. The molecule has 2 heterocycles. The van der Waals surface area contributed by atoms with Crippen LogP contribution >= 0.6 is 46.4 Å². The van der Waals surface area contributed by atoms with Gasteiger partial charge >= 0.3 is 0 Å². The summed E-state index contributed by atoms with van der Waals surface area (Å²) in [4.78, 5) is 6.87. The van der Waals surface area contributed by atoms with Gasteiger partial charge in [-0.15, -0.1) is 0 Å². The van der Waals surface area contributed by atoms with E-state index in [2.05, 4.69) is 15.9 Å². The Morgan fingerprint density at radius 3 is 2.05 bits per heavy atom. The number of aliphatic imine (C=N–C) groups is 1. The molecule has 5 rings (SSSR count). The van der Waals surface area contributed by atoms with Gasteiger partial charge in [0.05, 0.1) is 10.1 Å². The first kappa shape index (κ1) is 25.7. The van der Waals surface area contributed by atoms with Crippen molar-refractivity contribution in [2.75, 3.05) is 0 Å². The highest BCUT2D eigenvalue weighted by Crippen LogP contribution is 2.56. The SMILES string of the molecule is O=P(/C=C(\Cl)c1ccccc1)(/C=C(/Cl)c1ccccc1)/N=C1\N=C2C=CC(Br)=CN2Cc2ccccc21. The van der Waals surface area contributed by atoms with E-state index in [0.717, 1.165) is 26.7 Å². The number of allylic oxidation sites excluding steroid dienone is 2. The van der Waals surface area contributed by atoms with E-state index in [0.29, 0.717) is 28.3 Å². The number of amidine groups is 2. The van der Waals surface area contributed by atoms with Gasteiger partial charge in [-0.3, -0.25) is 4.57 Å². The Balaban J connectivity index is 1.70. The molecule has 4 nitrogen and oxygen atoms in total. The van der Waals surface area contributed by atoms with Gasteiger partial charge in [0.25, 0.3) is 0 Å². The molecule has 3 aromatic rings. The number of halogens is 3. The van der Waals surface area contributed by atoms with Crippen molar-refractivity contribution in [2.45, 2.75) is 6.54 Å². The summed E-state index contributed by atoms with van der Waals surface area (Å²) in [7, 11) is -3.64. The third-order valence-electron chi connectivity index (χ3n) is 5.73. The highest BCUT2D eigenvalue weighted by atomic mass is 79.9. The van der Waals surface area contributed by atoms with Gasteiger partial charge in [-0.25, -0.2) is 4.99 Å². The van der Waals surface area contributed by atoms with Crippen molar-refractivity contribution in [1.82, 2.24) is 4.90 Å². The van der Waals surface area contributed by atoms with Gasteiger partial charge < -0.3 is 4.90 Å². The lowest BCUT2D eigenvalue weighted by Crippen LogP contribution is -2.24. The smallest absolute Gasteiger partial charge is 0.238 e. The Bertz CT molecular complexity index is 1500. The molecule has 2 aliphatic heterocycles. The summed E-state index contributed by atoms with van der Waals surface area (Å²) in [6.07, 6.45) is 5.79. The van der Waals surface area contributed by atoms with E-state index in [9.17, 15) is 4.57 Å². The summed E-state index contributed by atoms with van der Waals surface area (Å²) in [5, 5.41) is 0.644. The zero-order valence-corrected chi connectivity index (χ0v) is 23.5. The van der Waals surface area contributed by atoms with Crippen LogP contribution in [-0.2, 0) is 11.1 Å². The standard InChI is InChI=1S/C29H21BrCl2N3OP/c30-24-15-16-28-33-29(25-14-8-7-13-23(25)17-35(28)18-24)34-37(36,19-26(31)21-9-3-1-4-10-21)20-27(32)22-11-5-2-6-12-22/h1-16,18-20H,17H2/b26-19-,27-20+,34-29-. The predicted molar refractivity (Wildman–Crippen MR) is 160 cm³/mol. The Morgan fingerprint density at radius 2 is 1.43 bits per heavy atom. The maximum Gasteiger partial charge on any atom is 0.238 e. The molecule has 0 aliphatic carbocycles. The second kappa shape index (κ2) is 11.2. The summed E-state index contributed by atoms with van der Waals surface area (Å²) in [5.41, 5.74) is 3.28. The van der Waals surface area contributed by atoms with Gasteiger partial charge in [-0.1, -0.05) is 108 Å². The molecule has 8 heteroatoms. The second-order valence-corrected chi connectivity index (χ2v) is 12.2. The van der Waals surface area contributed by atoms with Gasteiger partial charge in [-0.05, 0) is 44.8 Å². The van der Waals surface area contributed by atoms with Crippen LogP contribution in [-0.4, -0.2) is 16.6 Å². The lowest BCUT2D eigenvalue weighted by molar-refractivity contribution is 0.555. The Morgan fingerprint density at radius 1 is 0.865 bits per heavy atom. The minimum absolute atomic E-state index is 0.322. The lowest BCUT2D eigenvalue weighted by Gasteiger charge is -2.21. The van der Waals surface area contributed by atoms with Gasteiger partial charge in [0.1, 0.15) is 5.84 Å². The Kier molecular flexibility index (Phi) is 7.78. The van der Waals surface area contributed by atoms with Crippen LogP contribution in [0, 0.1) is 0 Å². The Hall–Kier alpha value is -2.95. The van der Waals surface area contributed by atoms with Crippen LogP contribution in [0.15, 0.2) is 129 Å². The second-order valence-electron chi connectivity index (χ2n) is 8.38. The first-order valence-electron chi connectivity index (χ1n) is 11.5. The van der Waals surface area contributed by atoms with Crippen LogP contribution in [0.2, 0.25) is 0 Å². The molecular weight excluding hydrogens is 588 g/mol. The van der Waals surface area contributed by atoms with Crippen molar-refractivity contribution >= 4 is 68.2 Å². The largest absolute Gasteiger partial charge is 0.327 e. The highest BCUT2D eigenvalue weighted by molar-refractivity contribution is 9.11. The van der Waals surface area contributed by atoms with Gasteiger partial charge in [0.15, 0.2) is 5.84 Å². The maximum absolute atomic E-state index is 14.6. The molecular formula is C29H21BrCl2N3OP. The topological polar surface area (TPSA) is 45.0 Å². The average molecular weight is 609 g/mol. The van der Waals surface area contributed by atoms with Crippen LogP contribution in [0.4, 0.5) is 0 Å². The quantitative estimate of drug-likeness (QED) is 0.271. The fourth-order valence-electron chi connectivity index (χ4n) is 3.95. The summed E-state index contributed by atoms with van der Waals surface area (Å²) >= 11 is 16.9. The third kappa shape index (κ3) is 6.14. The van der Waals surface area contributed by atoms with Crippen molar-refractivity contribution in [3.05, 3.63) is 142 Å². The van der Waals surface area contributed by atoms with Crippen molar-refractivity contribution in [3.63, 3.8) is 0 Å². The third-order valence-corrected chi connectivity index (χ3v) is 8.92. The summed E-state index contributed by atoms with van der Waals surface area (Å²) in [5.74, 6) is 4.03. The van der Waals surface area contributed by atoms with Crippen LogP contribution in [0.1, 0.15) is 22.3 Å². The Labute approximate surface area is 234 Å². The molecule has 37 heavy (non-hydrogen) atoms. The molecule has 2 aliphatic rings. The molecule has 0 N–H and O–H groups in total. The molecule has 0 spiro atoms. The predicted octanol–water partition coefficient (Wildman–Crippen LogP) is 9.21. The lowest BCUT2D eigenvalue weighted by atomic mass is 10.1. The highest BCUT2D eigenvalue weighted by Gasteiger charge is 2.25. The first-order chi connectivity index (χ1) is 17.9. The van der Waals surface area contributed by atoms with Crippen molar-refractivity contribution in [1.29, 1.82) is 0 Å². The number of fused-ring (bicyclic) bond motifs is 2. The van der Waals surface area contributed by atoms with E-state index >= 15 is 0 Å². The van der Waals surface area contributed by atoms with Crippen LogP contribution in [0.5, 0.6) is 0 Å². The van der Waals surface area contributed by atoms with E-state index in [1.807, 2.05) is 108 Å². The molecule has 1 unspecified atom stereocenters. The summed E-state index contributed by atoms with van der Waals surface area (Å²) in [6, 6.07) is 26.6. The van der Waals surface area contributed by atoms with E-state index < -0.39 is 7.29 Å². The number of nitrogens with zero attached hydrogens (tertiary/aromatic N) is 3. The first-order valence-corrected chi connectivity index (χ1v) is 14.8. The van der Waals surface area contributed by atoms with Gasteiger partial charge in [0, 0.05) is 34.4 Å². The molecule has 0 saturated carbocycles. The average Bonchev–Trinajstić information content (AvgIpc) is 3.05. The fourth-order valence-corrected chi connectivity index (χ4v) is 7.01. The zero-order chi connectivity index (χ0) is 25.8. The summed E-state index contributed by atoms with van der Waals surface area (Å²) < 4.78 is 20.3. The van der Waals surface area contributed by atoms with Crippen LogP contribution in [0.3, 0.4) is 0 Å². The minimum Gasteiger partial charge on any atom is -0.327 e. The molecule has 0 bridgehead atoms. The molecule has 3 aromatic carbocycles. The van der Waals surface area contributed by atoms with E-state index in [-0.39, 0.29) is 0 Å². The molecule has 184 valence electrons. The number of benzene rings is 3. The van der Waals surface area contributed by atoms with E-state index in [1.54, 1.807) is 0 Å². The minimum atomic E-state index is -3.64. The summed E-state index contributed by atoms with van der Waals surface area (Å²) in [6.45, 7) is 0.596. The normalized spacial score (nSPS) is 18.4. The van der Waals surface area contributed by atoms with E-state index in [1.165, 1.54) is 11.6 Å². The van der Waals surface area contributed by atoms with Crippen LogP contribution in [0.25, 0.3) is 10.1 Å². The van der Waals surface area contributed by atoms with E-state index in [4.69, 9.17) is 33.0 Å². The fraction of sp³-hybridized carbons (Fsp3) is 0.0345. The van der Waals surface area contributed by atoms with Crippen LogP contribution < -0.4 is 0 Å². The van der Waals surface area contributed by atoms with Crippen molar-refractivity contribution in [3.8, 4) is 0 Å².